The first-order valence-corrected chi connectivity index (χ1v) is 6.35. The van der Waals surface area contributed by atoms with Crippen molar-refractivity contribution in [3.8, 4) is 0 Å². The lowest BCUT2D eigenvalue weighted by Crippen LogP contribution is -2.40. The molecule has 1 aliphatic heterocycles. The van der Waals surface area contributed by atoms with Crippen LogP contribution < -0.4 is 0 Å². The Labute approximate surface area is 88.9 Å². The molecule has 1 saturated carbocycles. The first kappa shape index (κ1) is 10.5. The second-order valence-electron chi connectivity index (χ2n) is 5.87. The van der Waals surface area contributed by atoms with Crippen molar-refractivity contribution < 1.29 is 0 Å². The third-order valence-corrected chi connectivity index (χ3v) is 4.55. The fraction of sp³-hybridized carbons (Fsp3) is 1.00. The van der Waals surface area contributed by atoms with Gasteiger partial charge in [0.1, 0.15) is 0 Å². The van der Waals surface area contributed by atoms with E-state index in [9.17, 15) is 0 Å². The van der Waals surface area contributed by atoms with Crippen molar-refractivity contribution in [2.24, 2.45) is 23.7 Å². The van der Waals surface area contributed by atoms with Crippen LogP contribution >= 0.6 is 0 Å². The standard InChI is InChI=1S/C13H25N/c1-10-4-5-11(2)13-6-7-14(3)9-12(13)8-10/h10-13H,4-9H2,1-3H3/t10-,11?,12+,13?/m1/s1. The summed E-state index contributed by atoms with van der Waals surface area (Å²) in [5, 5.41) is 0. The molecular formula is C13H25N. The molecule has 2 aliphatic rings. The van der Waals surface area contributed by atoms with Gasteiger partial charge in [-0.25, -0.2) is 0 Å². The Bertz CT molecular complexity index is 190. The molecular weight excluding hydrogens is 170 g/mol. The van der Waals surface area contributed by atoms with E-state index >= 15 is 0 Å². The van der Waals surface area contributed by atoms with Crippen LogP contribution in [-0.4, -0.2) is 25.0 Å². The van der Waals surface area contributed by atoms with Crippen molar-refractivity contribution in [1.82, 2.24) is 4.90 Å². The zero-order chi connectivity index (χ0) is 10.1. The van der Waals surface area contributed by atoms with Crippen LogP contribution in [0.25, 0.3) is 0 Å². The predicted molar refractivity (Wildman–Crippen MR) is 61.3 cm³/mol. The molecule has 0 bridgehead atoms. The van der Waals surface area contributed by atoms with Gasteiger partial charge in [-0.1, -0.05) is 26.7 Å². The molecule has 0 radical (unpaired) electrons. The molecule has 2 unspecified atom stereocenters. The zero-order valence-corrected chi connectivity index (χ0v) is 10.00. The van der Waals surface area contributed by atoms with Gasteiger partial charge >= 0.3 is 0 Å². The largest absolute Gasteiger partial charge is 0.306 e. The smallest absolute Gasteiger partial charge is 0.000947 e. The lowest BCUT2D eigenvalue weighted by atomic mass is 9.76. The Morgan fingerprint density at radius 1 is 1.07 bits per heavy atom. The maximum atomic E-state index is 2.53. The van der Waals surface area contributed by atoms with Gasteiger partial charge in [0.05, 0.1) is 0 Å². The third kappa shape index (κ3) is 2.13. The fourth-order valence-corrected chi connectivity index (χ4v) is 3.63. The van der Waals surface area contributed by atoms with Crippen LogP contribution in [0.15, 0.2) is 0 Å². The molecule has 1 heteroatoms. The summed E-state index contributed by atoms with van der Waals surface area (Å²) in [5.41, 5.74) is 0. The van der Waals surface area contributed by atoms with Crippen molar-refractivity contribution in [2.75, 3.05) is 20.1 Å². The molecule has 1 saturated heterocycles. The number of hydrogen-bond donors (Lipinski definition) is 0. The summed E-state index contributed by atoms with van der Waals surface area (Å²) in [7, 11) is 2.29. The van der Waals surface area contributed by atoms with E-state index < -0.39 is 0 Å². The average molecular weight is 195 g/mol. The van der Waals surface area contributed by atoms with Gasteiger partial charge in [-0.2, -0.15) is 0 Å². The van der Waals surface area contributed by atoms with Crippen LogP contribution in [0, 0.1) is 23.7 Å². The SMILES string of the molecule is CC1CC[C@@H](C)C[C@H]2CN(C)CCC12. The highest BCUT2D eigenvalue weighted by Crippen LogP contribution is 2.40. The van der Waals surface area contributed by atoms with Crippen LogP contribution in [-0.2, 0) is 0 Å². The van der Waals surface area contributed by atoms with E-state index in [4.69, 9.17) is 0 Å². The monoisotopic (exact) mass is 195 g/mol. The van der Waals surface area contributed by atoms with Gasteiger partial charge in [0.15, 0.2) is 0 Å². The summed E-state index contributed by atoms with van der Waals surface area (Å²) in [5.74, 6) is 4.00. The minimum Gasteiger partial charge on any atom is -0.306 e. The van der Waals surface area contributed by atoms with Crippen molar-refractivity contribution >= 4 is 0 Å². The summed E-state index contributed by atoms with van der Waals surface area (Å²) in [6.07, 6.45) is 5.89. The lowest BCUT2D eigenvalue weighted by molar-refractivity contribution is 0.103. The van der Waals surface area contributed by atoms with E-state index in [1.54, 1.807) is 0 Å². The Kier molecular flexibility index (Phi) is 3.16. The fourth-order valence-electron chi connectivity index (χ4n) is 3.63. The van der Waals surface area contributed by atoms with Crippen LogP contribution in [0.3, 0.4) is 0 Å². The molecule has 0 aromatic carbocycles. The van der Waals surface area contributed by atoms with E-state index in [-0.39, 0.29) is 0 Å². The van der Waals surface area contributed by atoms with E-state index in [1.165, 1.54) is 38.8 Å². The Hall–Kier alpha value is -0.0400. The normalized spacial score (nSPS) is 45.6. The van der Waals surface area contributed by atoms with E-state index in [0.29, 0.717) is 0 Å². The minimum absolute atomic E-state index is 0.971. The molecule has 0 aromatic rings. The highest BCUT2D eigenvalue weighted by Gasteiger charge is 2.34. The topological polar surface area (TPSA) is 3.24 Å². The van der Waals surface area contributed by atoms with Gasteiger partial charge in [0, 0.05) is 6.54 Å². The van der Waals surface area contributed by atoms with E-state index in [0.717, 1.165) is 23.7 Å². The molecule has 1 heterocycles. The molecule has 2 rings (SSSR count). The molecule has 0 aromatic heterocycles. The molecule has 0 spiro atoms. The molecule has 14 heavy (non-hydrogen) atoms. The molecule has 4 atom stereocenters. The third-order valence-electron chi connectivity index (χ3n) is 4.55. The quantitative estimate of drug-likeness (QED) is 0.574. The van der Waals surface area contributed by atoms with Crippen molar-refractivity contribution in [1.29, 1.82) is 0 Å². The molecule has 1 aliphatic carbocycles. The number of piperidine rings is 1. The van der Waals surface area contributed by atoms with Gasteiger partial charge in [0.2, 0.25) is 0 Å². The van der Waals surface area contributed by atoms with E-state index in [2.05, 4.69) is 25.8 Å². The van der Waals surface area contributed by atoms with E-state index in [1.807, 2.05) is 0 Å². The van der Waals surface area contributed by atoms with Gasteiger partial charge in [-0.15, -0.1) is 0 Å². The second-order valence-corrected chi connectivity index (χ2v) is 5.87. The summed E-state index contributed by atoms with van der Waals surface area (Å²) >= 11 is 0. The molecule has 2 fully saturated rings. The van der Waals surface area contributed by atoms with Crippen LogP contribution in [0.4, 0.5) is 0 Å². The maximum absolute atomic E-state index is 2.53. The average Bonchev–Trinajstić information content (AvgIpc) is 2.26. The van der Waals surface area contributed by atoms with Gasteiger partial charge in [0.25, 0.3) is 0 Å². The van der Waals surface area contributed by atoms with Gasteiger partial charge in [-0.3, -0.25) is 0 Å². The number of nitrogens with zero attached hydrogens (tertiary/aromatic N) is 1. The number of fused-ring (bicyclic) bond motifs is 1. The van der Waals surface area contributed by atoms with Gasteiger partial charge < -0.3 is 4.90 Å². The highest BCUT2D eigenvalue weighted by atomic mass is 15.1. The minimum atomic E-state index is 0.971. The zero-order valence-electron chi connectivity index (χ0n) is 10.00. The Morgan fingerprint density at radius 2 is 1.86 bits per heavy atom. The van der Waals surface area contributed by atoms with Crippen molar-refractivity contribution in [3.05, 3.63) is 0 Å². The molecule has 0 amide bonds. The first-order valence-electron chi connectivity index (χ1n) is 6.35. The Balaban J connectivity index is 2.05. The summed E-state index contributed by atoms with van der Waals surface area (Å²) in [6, 6.07) is 0. The Morgan fingerprint density at radius 3 is 2.64 bits per heavy atom. The number of rotatable bonds is 0. The maximum Gasteiger partial charge on any atom is 0.000947 e. The highest BCUT2D eigenvalue weighted by molar-refractivity contribution is 4.86. The summed E-state index contributed by atoms with van der Waals surface area (Å²) in [4.78, 5) is 2.53. The van der Waals surface area contributed by atoms with Crippen LogP contribution in [0.2, 0.25) is 0 Å². The van der Waals surface area contributed by atoms with Crippen LogP contribution in [0.1, 0.15) is 39.5 Å². The second kappa shape index (κ2) is 4.22. The molecule has 0 N–H and O–H groups in total. The lowest BCUT2D eigenvalue weighted by Gasteiger charge is -2.39. The van der Waals surface area contributed by atoms with Crippen molar-refractivity contribution in [3.63, 3.8) is 0 Å². The van der Waals surface area contributed by atoms with Gasteiger partial charge in [-0.05, 0) is 50.1 Å². The van der Waals surface area contributed by atoms with Crippen molar-refractivity contribution in [2.45, 2.75) is 39.5 Å². The summed E-state index contributed by atoms with van der Waals surface area (Å²) in [6.45, 7) is 7.63. The van der Waals surface area contributed by atoms with Crippen LogP contribution in [0.5, 0.6) is 0 Å². The number of likely N-dealkylation sites (tertiary alicyclic amines) is 1. The molecule has 82 valence electrons. The predicted octanol–water partition coefficient (Wildman–Crippen LogP) is 3.01. The number of hydrogen-bond acceptors (Lipinski definition) is 1. The first-order chi connectivity index (χ1) is 6.66. The summed E-state index contributed by atoms with van der Waals surface area (Å²) < 4.78 is 0. The molecule has 1 nitrogen and oxygen atoms in total.